The molecule has 0 unspecified atom stereocenters. The number of nitrogen functional groups attached to an aromatic ring is 1. The molecule has 1 aliphatic rings. The number of anilines is 1. The Morgan fingerprint density at radius 2 is 2.11 bits per heavy atom. The van der Waals surface area contributed by atoms with Crippen molar-refractivity contribution in [2.45, 2.75) is 32.2 Å². The van der Waals surface area contributed by atoms with E-state index in [-0.39, 0.29) is 0 Å². The lowest BCUT2D eigenvalue weighted by atomic mass is 10.0. The Morgan fingerprint density at radius 1 is 1.37 bits per heavy atom. The molecular weight excluding hydrogens is 256 g/mol. The van der Waals surface area contributed by atoms with Gasteiger partial charge in [-0.05, 0) is 62.8 Å². The van der Waals surface area contributed by atoms with Gasteiger partial charge in [-0.3, -0.25) is 4.90 Å². The zero-order valence-electron chi connectivity index (χ0n) is 11.5. The van der Waals surface area contributed by atoms with Gasteiger partial charge in [-0.1, -0.05) is 6.42 Å². The molecule has 1 aliphatic heterocycles. The number of piperidine rings is 1. The maximum absolute atomic E-state index is 5.67. The predicted molar refractivity (Wildman–Crippen MR) is 83.4 cm³/mol. The summed E-state index contributed by atoms with van der Waals surface area (Å²) in [5.74, 6) is 0. The number of nitrogens with zero attached hydrogens (tertiary/aromatic N) is 1. The molecule has 19 heavy (non-hydrogen) atoms. The third-order valence-electron chi connectivity index (χ3n) is 3.70. The standard InChI is InChI=1S/C15H22N2OS/c1-12-4-2-3-9-17(12)10-11-18-15(19)13-5-7-14(16)8-6-13/h5-8,12H,2-4,9-11,16H2,1H3/t12-/m0/s1. The number of hydrogen-bond donors (Lipinski definition) is 1. The van der Waals surface area contributed by atoms with Gasteiger partial charge in [0, 0.05) is 23.8 Å². The fourth-order valence-corrected chi connectivity index (χ4v) is 2.67. The van der Waals surface area contributed by atoms with Crippen LogP contribution in [0.1, 0.15) is 31.7 Å². The van der Waals surface area contributed by atoms with E-state index in [1.807, 2.05) is 24.3 Å². The molecule has 3 nitrogen and oxygen atoms in total. The highest BCUT2D eigenvalue weighted by atomic mass is 32.1. The van der Waals surface area contributed by atoms with E-state index in [0.29, 0.717) is 17.7 Å². The van der Waals surface area contributed by atoms with E-state index >= 15 is 0 Å². The highest BCUT2D eigenvalue weighted by Gasteiger charge is 2.17. The predicted octanol–water partition coefficient (Wildman–Crippen LogP) is 2.84. The summed E-state index contributed by atoms with van der Waals surface area (Å²) in [6.07, 6.45) is 3.94. The molecule has 1 heterocycles. The summed E-state index contributed by atoms with van der Waals surface area (Å²) in [6, 6.07) is 8.17. The molecule has 0 aromatic heterocycles. The summed E-state index contributed by atoms with van der Waals surface area (Å²) in [7, 11) is 0. The van der Waals surface area contributed by atoms with Crippen molar-refractivity contribution in [3.05, 3.63) is 29.8 Å². The molecule has 0 amide bonds. The normalized spacial score (nSPS) is 20.2. The third-order valence-corrected chi connectivity index (χ3v) is 4.05. The zero-order chi connectivity index (χ0) is 13.7. The quantitative estimate of drug-likeness (QED) is 0.679. The van der Waals surface area contributed by atoms with Crippen LogP contribution in [0, 0.1) is 0 Å². The van der Waals surface area contributed by atoms with Crippen LogP contribution in [0.5, 0.6) is 0 Å². The molecule has 0 aliphatic carbocycles. The van der Waals surface area contributed by atoms with E-state index in [1.165, 1.54) is 25.8 Å². The first-order valence-electron chi connectivity index (χ1n) is 6.93. The second-order valence-electron chi connectivity index (χ2n) is 5.14. The molecule has 1 aromatic rings. The molecule has 1 fully saturated rings. The van der Waals surface area contributed by atoms with Crippen LogP contribution in [0.15, 0.2) is 24.3 Å². The third kappa shape index (κ3) is 4.18. The van der Waals surface area contributed by atoms with Crippen LogP contribution in [0.4, 0.5) is 5.69 Å². The summed E-state index contributed by atoms with van der Waals surface area (Å²) in [5.41, 5.74) is 7.32. The maximum atomic E-state index is 5.67. The molecule has 1 saturated heterocycles. The molecule has 2 N–H and O–H groups in total. The van der Waals surface area contributed by atoms with Crippen LogP contribution in [0.3, 0.4) is 0 Å². The molecule has 0 bridgehead atoms. The number of rotatable bonds is 4. The van der Waals surface area contributed by atoms with Gasteiger partial charge in [-0.2, -0.15) is 0 Å². The van der Waals surface area contributed by atoms with Gasteiger partial charge in [-0.15, -0.1) is 0 Å². The number of benzene rings is 1. The van der Waals surface area contributed by atoms with Gasteiger partial charge >= 0.3 is 0 Å². The molecule has 0 spiro atoms. The maximum Gasteiger partial charge on any atom is 0.191 e. The van der Waals surface area contributed by atoms with Gasteiger partial charge in [-0.25, -0.2) is 0 Å². The Kier molecular flexibility index (Phi) is 5.16. The van der Waals surface area contributed by atoms with Gasteiger partial charge in [0.2, 0.25) is 0 Å². The van der Waals surface area contributed by atoms with E-state index < -0.39 is 0 Å². The van der Waals surface area contributed by atoms with Crippen LogP contribution in [-0.2, 0) is 4.74 Å². The highest BCUT2D eigenvalue weighted by Crippen LogP contribution is 2.15. The van der Waals surface area contributed by atoms with E-state index in [1.54, 1.807) is 0 Å². The fourth-order valence-electron chi connectivity index (χ4n) is 2.45. The Hall–Kier alpha value is -1.13. The minimum atomic E-state index is 0.560. The molecule has 2 rings (SSSR count). The van der Waals surface area contributed by atoms with Crippen molar-refractivity contribution < 1.29 is 4.74 Å². The largest absolute Gasteiger partial charge is 0.482 e. The highest BCUT2D eigenvalue weighted by molar-refractivity contribution is 7.80. The molecule has 0 saturated carbocycles. The second-order valence-corrected chi connectivity index (χ2v) is 5.51. The minimum absolute atomic E-state index is 0.560. The molecule has 0 radical (unpaired) electrons. The van der Waals surface area contributed by atoms with Gasteiger partial charge in [0.05, 0.1) is 0 Å². The van der Waals surface area contributed by atoms with Crippen LogP contribution < -0.4 is 5.73 Å². The molecule has 1 aromatic carbocycles. The van der Waals surface area contributed by atoms with Gasteiger partial charge in [0.25, 0.3) is 0 Å². The number of nitrogens with two attached hydrogens (primary N) is 1. The van der Waals surface area contributed by atoms with E-state index in [9.17, 15) is 0 Å². The van der Waals surface area contributed by atoms with Crippen LogP contribution in [0.2, 0.25) is 0 Å². The minimum Gasteiger partial charge on any atom is -0.482 e. The first-order valence-corrected chi connectivity index (χ1v) is 7.34. The van der Waals surface area contributed by atoms with Crippen molar-refractivity contribution in [1.82, 2.24) is 4.90 Å². The number of thiocarbonyl (C=S) groups is 1. The SMILES string of the molecule is C[C@H]1CCCCN1CCOC(=S)c1ccc(N)cc1. The molecular formula is C15H22N2OS. The van der Waals surface area contributed by atoms with Gasteiger partial charge < -0.3 is 10.5 Å². The average Bonchev–Trinajstić information content (AvgIpc) is 2.41. The van der Waals surface area contributed by atoms with Crippen LogP contribution in [0.25, 0.3) is 0 Å². The number of likely N-dealkylation sites (tertiary alicyclic amines) is 1. The number of ether oxygens (including phenoxy) is 1. The lowest BCUT2D eigenvalue weighted by molar-refractivity contribution is 0.131. The van der Waals surface area contributed by atoms with Crippen molar-refractivity contribution in [3.8, 4) is 0 Å². The lowest BCUT2D eigenvalue weighted by Crippen LogP contribution is -2.39. The van der Waals surface area contributed by atoms with E-state index in [4.69, 9.17) is 22.7 Å². The Labute approximate surface area is 120 Å². The Bertz CT molecular complexity index is 419. The smallest absolute Gasteiger partial charge is 0.191 e. The average molecular weight is 278 g/mol. The molecule has 104 valence electrons. The van der Waals surface area contributed by atoms with Crippen molar-refractivity contribution in [3.63, 3.8) is 0 Å². The second kappa shape index (κ2) is 6.87. The monoisotopic (exact) mass is 278 g/mol. The van der Waals surface area contributed by atoms with Gasteiger partial charge in [0.1, 0.15) is 6.61 Å². The lowest BCUT2D eigenvalue weighted by Gasteiger charge is -2.33. The Balaban J connectivity index is 1.76. The van der Waals surface area contributed by atoms with Crippen molar-refractivity contribution in [2.24, 2.45) is 0 Å². The first kappa shape index (κ1) is 14.3. The molecule has 1 atom stereocenters. The summed E-state index contributed by atoms with van der Waals surface area (Å²) < 4.78 is 5.67. The number of hydrogen-bond acceptors (Lipinski definition) is 4. The van der Waals surface area contributed by atoms with Crippen molar-refractivity contribution in [1.29, 1.82) is 0 Å². The fraction of sp³-hybridized carbons (Fsp3) is 0.533. The zero-order valence-corrected chi connectivity index (χ0v) is 12.3. The summed E-state index contributed by atoms with van der Waals surface area (Å²) >= 11 is 5.28. The topological polar surface area (TPSA) is 38.5 Å². The Morgan fingerprint density at radius 3 is 2.79 bits per heavy atom. The summed E-state index contributed by atoms with van der Waals surface area (Å²) in [6.45, 7) is 5.08. The van der Waals surface area contributed by atoms with Crippen LogP contribution >= 0.6 is 12.2 Å². The van der Waals surface area contributed by atoms with E-state index in [0.717, 1.165) is 17.8 Å². The van der Waals surface area contributed by atoms with Crippen molar-refractivity contribution in [2.75, 3.05) is 25.4 Å². The first-order chi connectivity index (χ1) is 9.16. The van der Waals surface area contributed by atoms with E-state index in [2.05, 4.69) is 11.8 Å². The van der Waals surface area contributed by atoms with Crippen LogP contribution in [-0.4, -0.2) is 35.7 Å². The summed E-state index contributed by atoms with van der Waals surface area (Å²) in [5, 5.41) is 0.560. The van der Waals surface area contributed by atoms with Crippen molar-refractivity contribution >= 4 is 23.0 Å². The summed E-state index contributed by atoms with van der Waals surface area (Å²) in [4.78, 5) is 2.48. The van der Waals surface area contributed by atoms with Gasteiger partial charge in [0.15, 0.2) is 5.05 Å². The molecule has 4 heteroatoms.